The summed E-state index contributed by atoms with van der Waals surface area (Å²) in [6.07, 6.45) is 0. The van der Waals surface area contributed by atoms with Crippen LogP contribution in [0.1, 0.15) is 21.5 Å². The molecule has 0 aliphatic rings. The van der Waals surface area contributed by atoms with Gasteiger partial charge in [-0.2, -0.15) is 0 Å². The van der Waals surface area contributed by atoms with Crippen molar-refractivity contribution >= 4 is 28.3 Å². The monoisotopic (exact) mass is 484 g/mol. The Morgan fingerprint density at radius 1 is 0.857 bits per heavy atom. The van der Waals surface area contributed by atoms with Crippen molar-refractivity contribution in [3.05, 3.63) is 111 Å². The van der Waals surface area contributed by atoms with Crippen LogP contribution < -0.4 is 10.6 Å². The molecule has 4 rings (SSSR count). The van der Waals surface area contributed by atoms with Gasteiger partial charge in [0.1, 0.15) is 5.56 Å². The summed E-state index contributed by atoms with van der Waals surface area (Å²) < 4.78 is 53.4. The van der Waals surface area contributed by atoms with E-state index < -0.39 is 39.8 Å². The van der Waals surface area contributed by atoms with Crippen LogP contribution >= 0.6 is 0 Å². The fourth-order valence-corrected chi connectivity index (χ4v) is 3.49. The number of hydrogen-bond acceptors (Lipinski definition) is 5. The van der Waals surface area contributed by atoms with E-state index in [1.807, 2.05) is 0 Å². The maximum absolute atomic E-state index is 13.5. The molecule has 0 saturated carbocycles. The van der Waals surface area contributed by atoms with Gasteiger partial charge in [-0.25, -0.2) is 22.5 Å². The van der Waals surface area contributed by atoms with E-state index in [-0.39, 0.29) is 46.5 Å². The number of amides is 1. The highest BCUT2D eigenvalue weighted by Crippen LogP contribution is 2.33. The van der Waals surface area contributed by atoms with E-state index in [4.69, 9.17) is 0 Å². The number of aromatic nitrogens is 1. The van der Waals surface area contributed by atoms with Crippen LogP contribution in [0.15, 0.2) is 60.7 Å². The Labute approximate surface area is 195 Å². The molecule has 0 spiro atoms. The summed E-state index contributed by atoms with van der Waals surface area (Å²) in [5, 5.41) is 17.4. The predicted octanol–water partition coefficient (Wildman–Crippen LogP) is 5.24. The van der Waals surface area contributed by atoms with Crippen LogP contribution in [0.5, 0.6) is 0 Å². The van der Waals surface area contributed by atoms with Crippen LogP contribution in [0.4, 0.5) is 29.1 Å². The van der Waals surface area contributed by atoms with Crippen LogP contribution in [0.3, 0.4) is 0 Å². The first kappa shape index (κ1) is 23.6. The Morgan fingerprint density at radius 3 is 2.06 bits per heavy atom. The first-order valence-electron chi connectivity index (χ1n) is 10.2. The Morgan fingerprint density at radius 2 is 1.46 bits per heavy atom. The molecule has 11 heteroatoms. The lowest BCUT2D eigenvalue weighted by molar-refractivity contribution is -0.384. The van der Waals surface area contributed by atoms with E-state index in [9.17, 15) is 32.5 Å². The smallest absolute Gasteiger partial charge is 0.324 e. The first-order chi connectivity index (χ1) is 16.7. The second-order valence-electron chi connectivity index (χ2n) is 7.49. The molecule has 1 aromatic heterocycles. The second-order valence-corrected chi connectivity index (χ2v) is 7.49. The number of nitrogens with one attached hydrogen (secondary N) is 2. The minimum absolute atomic E-state index is 0.140. The number of rotatable bonds is 7. The molecule has 2 N–H and O–H groups in total. The molecule has 4 aromatic rings. The van der Waals surface area contributed by atoms with Gasteiger partial charge < -0.3 is 10.6 Å². The largest absolute Gasteiger partial charge is 0.360 e. The van der Waals surface area contributed by atoms with Crippen LogP contribution in [-0.2, 0) is 13.1 Å². The molecule has 0 aliphatic carbocycles. The molecule has 0 saturated heterocycles. The highest BCUT2D eigenvalue weighted by atomic mass is 19.2. The van der Waals surface area contributed by atoms with Crippen molar-refractivity contribution in [2.75, 3.05) is 5.32 Å². The number of carbonyl (C=O) groups is 1. The van der Waals surface area contributed by atoms with Crippen molar-refractivity contribution in [1.29, 1.82) is 0 Å². The van der Waals surface area contributed by atoms with Gasteiger partial charge in [-0.05, 0) is 41.5 Å². The van der Waals surface area contributed by atoms with Gasteiger partial charge in [0, 0.05) is 18.5 Å². The number of carbonyl (C=O) groups excluding carboxylic acids is 1. The molecule has 0 aliphatic heterocycles. The fourth-order valence-electron chi connectivity index (χ4n) is 3.49. The minimum Gasteiger partial charge on any atom is -0.360 e. The van der Waals surface area contributed by atoms with Gasteiger partial charge in [0.25, 0.3) is 5.91 Å². The van der Waals surface area contributed by atoms with Gasteiger partial charge in [0.2, 0.25) is 5.82 Å². The maximum atomic E-state index is 13.5. The van der Waals surface area contributed by atoms with Crippen molar-refractivity contribution in [1.82, 2.24) is 10.3 Å². The summed E-state index contributed by atoms with van der Waals surface area (Å²) in [7, 11) is 0. The third kappa shape index (κ3) is 5.03. The molecular formula is C24H16F4N4O3. The van der Waals surface area contributed by atoms with Gasteiger partial charge in [-0.3, -0.25) is 14.9 Å². The Bertz CT molecular complexity index is 1460. The molecular weight excluding hydrogens is 468 g/mol. The van der Waals surface area contributed by atoms with Crippen LogP contribution in [0.2, 0.25) is 0 Å². The number of halogens is 4. The molecule has 0 unspecified atom stereocenters. The van der Waals surface area contributed by atoms with Crippen molar-refractivity contribution in [3.63, 3.8) is 0 Å². The number of fused-ring (bicyclic) bond motifs is 1. The van der Waals surface area contributed by atoms with Gasteiger partial charge in [-0.1, -0.05) is 30.3 Å². The molecule has 3 aromatic carbocycles. The first-order valence-corrected chi connectivity index (χ1v) is 10.2. The number of pyridine rings is 1. The molecule has 7 nitrogen and oxygen atoms in total. The average molecular weight is 484 g/mol. The van der Waals surface area contributed by atoms with E-state index in [1.165, 1.54) is 18.2 Å². The third-order valence-electron chi connectivity index (χ3n) is 5.16. The zero-order chi connectivity index (χ0) is 25.1. The predicted molar refractivity (Wildman–Crippen MR) is 120 cm³/mol. The molecule has 1 heterocycles. The highest BCUT2D eigenvalue weighted by Gasteiger charge is 2.29. The molecule has 178 valence electrons. The van der Waals surface area contributed by atoms with E-state index in [0.717, 1.165) is 24.3 Å². The average Bonchev–Trinajstić information content (AvgIpc) is 2.84. The molecule has 0 atom stereocenters. The Hall–Kier alpha value is -4.54. The topological polar surface area (TPSA) is 97.2 Å². The van der Waals surface area contributed by atoms with Gasteiger partial charge in [-0.15, -0.1) is 0 Å². The quantitative estimate of drug-likeness (QED) is 0.212. The van der Waals surface area contributed by atoms with E-state index in [1.54, 1.807) is 18.2 Å². The van der Waals surface area contributed by atoms with E-state index >= 15 is 0 Å². The molecule has 0 radical (unpaired) electrons. The van der Waals surface area contributed by atoms with Gasteiger partial charge in [0.05, 0.1) is 10.4 Å². The summed E-state index contributed by atoms with van der Waals surface area (Å²) in [6.45, 7) is -0.360. The van der Waals surface area contributed by atoms with E-state index in [2.05, 4.69) is 15.6 Å². The number of para-hydroxylation sites is 1. The normalized spacial score (nSPS) is 10.9. The summed E-state index contributed by atoms with van der Waals surface area (Å²) >= 11 is 0. The van der Waals surface area contributed by atoms with Gasteiger partial charge >= 0.3 is 5.69 Å². The number of benzene rings is 3. The number of anilines is 1. The summed E-state index contributed by atoms with van der Waals surface area (Å²) in [5.74, 6) is -5.35. The lowest BCUT2D eigenvalue weighted by Crippen LogP contribution is -2.25. The summed E-state index contributed by atoms with van der Waals surface area (Å²) in [5.41, 5.74) is -0.124. The molecule has 0 fully saturated rings. The van der Waals surface area contributed by atoms with Crippen molar-refractivity contribution < 1.29 is 27.3 Å². The third-order valence-corrected chi connectivity index (χ3v) is 5.16. The van der Waals surface area contributed by atoms with Crippen molar-refractivity contribution in [2.45, 2.75) is 13.1 Å². The van der Waals surface area contributed by atoms with E-state index in [0.29, 0.717) is 0 Å². The summed E-state index contributed by atoms with van der Waals surface area (Å²) in [4.78, 5) is 28.6. The molecule has 35 heavy (non-hydrogen) atoms. The van der Waals surface area contributed by atoms with Crippen LogP contribution in [0.25, 0.3) is 10.9 Å². The SMILES string of the molecule is O=C(NCc1ccc(F)c(F)c1)c1c([N+](=O)[O-])c(NCc2ccc(F)c(F)c2)nc2ccccc12. The van der Waals surface area contributed by atoms with Gasteiger partial charge in [0.15, 0.2) is 23.3 Å². The standard InChI is InChI=1S/C24H16F4N4O3/c25-16-7-5-13(9-18(16)27)11-29-23-22(32(34)35)21(15-3-1-2-4-20(15)31-23)24(33)30-12-14-6-8-17(26)19(28)10-14/h1-10H,11-12H2,(H,29,31)(H,30,33). The van der Waals surface area contributed by atoms with Crippen LogP contribution in [0, 0.1) is 33.4 Å². The van der Waals surface area contributed by atoms with Crippen molar-refractivity contribution in [2.24, 2.45) is 0 Å². The molecule has 0 bridgehead atoms. The number of hydrogen-bond donors (Lipinski definition) is 2. The maximum Gasteiger partial charge on any atom is 0.324 e. The lowest BCUT2D eigenvalue weighted by atomic mass is 10.1. The van der Waals surface area contributed by atoms with Crippen molar-refractivity contribution in [3.8, 4) is 0 Å². The van der Waals surface area contributed by atoms with Crippen LogP contribution in [-0.4, -0.2) is 15.8 Å². The Balaban J connectivity index is 1.70. The Kier molecular flexibility index (Phi) is 6.58. The zero-order valence-electron chi connectivity index (χ0n) is 17.8. The number of nitro groups is 1. The minimum atomic E-state index is -1.10. The molecule has 1 amide bonds. The number of nitrogens with zero attached hydrogens (tertiary/aromatic N) is 2. The fraction of sp³-hybridized carbons (Fsp3) is 0.0833. The zero-order valence-corrected chi connectivity index (χ0v) is 17.8. The highest BCUT2D eigenvalue weighted by molar-refractivity contribution is 6.11. The second kappa shape index (κ2) is 9.75. The summed E-state index contributed by atoms with van der Waals surface area (Å²) in [6, 6.07) is 12.5. The lowest BCUT2D eigenvalue weighted by Gasteiger charge is -2.13.